The van der Waals surface area contributed by atoms with Gasteiger partial charge in [0.1, 0.15) is 11.6 Å². The van der Waals surface area contributed by atoms with E-state index in [2.05, 4.69) is 9.97 Å². The van der Waals surface area contributed by atoms with Gasteiger partial charge in [0.15, 0.2) is 5.69 Å². The summed E-state index contributed by atoms with van der Waals surface area (Å²) in [5.74, 6) is 0.379. The van der Waals surface area contributed by atoms with Gasteiger partial charge in [-0.15, -0.1) is 0 Å². The molecule has 0 bridgehead atoms. The fourth-order valence-corrected chi connectivity index (χ4v) is 3.67. The third-order valence-electron chi connectivity index (χ3n) is 5.49. The van der Waals surface area contributed by atoms with Crippen molar-refractivity contribution in [2.24, 2.45) is 5.92 Å². The number of anilines is 4. The van der Waals surface area contributed by atoms with Crippen molar-refractivity contribution in [1.29, 1.82) is 0 Å². The van der Waals surface area contributed by atoms with Gasteiger partial charge in [-0.1, -0.05) is 45.4 Å². The number of nitrogens with one attached hydrogen (secondary N) is 1. The number of nitrogen functional groups attached to an aromatic ring is 1. The van der Waals surface area contributed by atoms with E-state index in [0.29, 0.717) is 24.3 Å². The number of hydrogen-bond donors (Lipinski definition) is 2. The van der Waals surface area contributed by atoms with Crippen LogP contribution in [-0.4, -0.2) is 34.0 Å². The van der Waals surface area contributed by atoms with E-state index < -0.39 is 17.2 Å². The monoisotopic (exact) mass is 464 g/mol. The second-order valence-corrected chi connectivity index (χ2v) is 8.61. The molecule has 0 spiro atoms. The molecule has 2 heterocycles. The number of carbonyl (C=O) groups excluding carboxylic acids is 1. The van der Waals surface area contributed by atoms with Gasteiger partial charge in [-0.05, 0) is 36.6 Å². The summed E-state index contributed by atoms with van der Waals surface area (Å²) in [5.41, 5.74) is 6.29. The lowest BCUT2D eigenvalue weighted by molar-refractivity contribution is 0.0986. The van der Waals surface area contributed by atoms with Gasteiger partial charge >= 0.3 is 5.69 Å². The number of pyridine rings is 1. The summed E-state index contributed by atoms with van der Waals surface area (Å²) in [4.78, 5) is 48.7. The summed E-state index contributed by atoms with van der Waals surface area (Å²) in [6, 6.07) is 13.2. The lowest BCUT2D eigenvalue weighted by atomic mass is 10.2. The highest BCUT2D eigenvalue weighted by molar-refractivity contribution is 6.07. The van der Waals surface area contributed by atoms with E-state index in [-0.39, 0.29) is 24.0 Å². The van der Waals surface area contributed by atoms with Gasteiger partial charge in [-0.2, -0.15) is 0 Å². The summed E-state index contributed by atoms with van der Waals surface area (Å²) in [6.07, 6.45) is 2.97. The smallest absolute Gasteiger partial charge is 0.330 e. The van der Waals surface area contributed by atoms with Crippen LogP contribution in [0.3, 0.4) is 0 Å². The van der Waals surface area contributed by atoms with Crippen LogP contribution in [0, 0.1) is 5.92 Å². The first-order valence-electron chi connectivity index (χ1n) is 11.4. The number of carbonyl (C=O) groups is 1. The molecule has 9 nitrogen and oxygen atoms in total. The Hall–Kier alpha value is -3.88. The Balaban J connectivity index is 1.98. The molecule has 180 valence electrons. The average Bonchev–Trinajstić information content (AvgIpc) is 2.83. The fraction of sp³-hybridized carbons (Fsp3) is 0.360. The molecule has 3 aromatic rings. The molecular formula is C25H32N6O3. The number of amides is 1. The number of H-pyrrole nitrogens is 1. The molecule has 3 rings (SSSR count). The number of aromatic nitrogens is 3. The Morgan fingerprint density at radius 2 is 1.85 bits per heavy atom. The first-order chi connectivity index (χ1) is 16.2. The summed E-state index contributed by atoms with van der Waals surface area (Å²) >= 11 is 0. The number of aromatic amines is 1. The number of nitrogens with two attached hydrogens (primary N) is 1. The van der Waals surface area contributed by atoms with Crippen LogP contribution in [0.1, 0.15) is 44.0 Å². The maximum Gasteiger partial charge on any atom is 0.330 e. The minimum absolute atomic E-state index is 0.0100. The molecule has 0 saturated carbocycles. The topological polar surface area (TPSA) is 117 Å². The normalized spacial score (nSPS) is 11.0. The quantitative estimate of drug-likeness (QED) is 0.501. The van der Waals surface area contributed by atoms with Crippen LogP contribution in [-0.2, 0) is 6.54 Å². The minimum Gasteiger partial charge on any atom is -0.383 e. The van der Waals surface area contributed by atoms with Gasteiger partial charge in [0.2, 0.25) is 0 Å². The van der Waals surface area contributed by atoms with E-state index in [1.165, 1.54) is 15.7 Å². The summed E-state index contributed by atoms with van der Waals surface area (Å²) in [6.45, 7) is 6.49. The van der Waals surface area contributed by atoms with Crippen molar-refractivity contribution in [3.8, 4) is 0 Å². The van der Waals surface area contributed by atoms with Crippen molar-refractivity contribution in [1.82, 2.24) is 14.5 Å². The first-order valence-corrected chi connectivity index (χ1v) is 11.4. The van der Waals surface area contributed by atoms with Crippen LogP contribution in [0.5, 0.6) is 0 Å². The number of rotatable bonds is 9. The highest BCUT2D eigenvalue weighted by Crippen LogP contribution is 2.23. The Kier molecular flexibility index (Phi) is 7.88. The zero-order valence-corrected chi connectivity index (χ0v) is 20.1. The second-order valence-electron chi connectivity index (χ2n) is 8.61. The molecule has 0 aliphatic carbocycles. The van der Waals surface area contributed by atoms with Crippen molar-refractivity contribution in [3.05, 3.63) is 75.1 Å². The predicted molar refractivity (Wildman–Crippen MR) is 136 cm³/mol. The predicted octanol–water partition coefficient (Wildman–Crippen LogP) is 3.38. The van der Waals surface area contributed by atoms with E-state index in [1.807, 2.05) is 63.1 Å². The third kappa shape index (κ3) is 5.36. The number of para-hydroxylation sites is 1. The van der Waals surface area contributed by atoms with Crippen LogP contribution in [0.25, 0.3) is 0 Å². The minimum atomic E-state index is -0.680. The molecule has 0 fully saturated rings. The van der Waals surface area contributed by atoms with Crippen LogP contribution < -0.4 is 26.8 Å². The molecule has 0 aliphatic rings. The maximum atomic E-state index is 13.5. The lowest BCUT2D eigenvalue weighted by Gasteiger charge is -2.25. The molecule has 9 heteroatoms. The van der Waals surface area contributed by atoms with Crippen molar-refractivity contribution < 1.29 is 4.79 Å². The zero-order valence-electron chi connectivity index (χ0n) is 20.1. The Labute approximate surface area is 198 Å². The number of nitrogens with zero attached hydrogens (tertiary/aromatic N) is 4. The van der Waals surface area contributed by atoms with Gasteiger partial charge in [0.25, 0.3) is 11.5 Å². The maximum absolute atomic E-state index is 13.5. The first kappa shape index (κ1) is 24.8. The van der Waals surface area contributed by atoms with Gasteiger partial charge in [0, 0.05) is 32.0 Å². The molecule has 0 radical (unpaired) electrons. The van der Waals surface area contributed by atoms with Gasteiger partial charge in [0.05, 0.1) is 5.56 Å². The zero-order chi connectivity index (χ0) is 24.8. The molecule has 0 aliphatic heterocycles. The van der Waals surface area contributed by atoms with Crippen LogP contribution in [0.2, 0.25) is 0 Å². The van der Waals surface area contributed by atoms with Crippen LogP contribution in [0.4, 0.5) is 23.0 Å². The summed E-state index contributed by atoms with van der Waals surface area (Å²) in [7, 11) is 1.89. The van der Waals surface area contributed by atoms with E-state index in [4.69, 9.17) is 5.73 Å². The van der Waals surface area contributed by atoms with Crippen molar-refractivity contribution in [2.75, 3.05) is 29.1 Å². The second kappa shape index (κ2) is 10.8. The van der Waals surface area contributed by atoms with Crippen molar-refractivity contribution >= 4 is 28.9 Å². The SMILES string of the molecule is CCCCN(C(=O)c1ccc(N(C)c2ccccc2)nc1)c1c(N)n(CC(C)C)c(=O)[nH]c1=O. The van der Waals surface area contributed by atoms with E-state index >= 15 is 0 Å². The van der Waals surface area contributed by atoms with Crippen LogP contribution in [0.15, 0.2) is 58.3 Å². The Morgan fingerprint density at radius 1 is 1.15 bits per heavy atom. The molecule has 2 aromatic heterocycles. The molecule has 34 heavy (non-hydrogen) atoms. The molecule has 1 aromatic carbocycles. The molecule has 1 amide bonds. The Morgan fingerprint density at radius 3 is 2.44 bits per heavy atom. The third-order valence-corrected chi connectivity index (χ3v) is 5.49. The highest BCUT2D eigenvalue weighted by Gasteiger charge is 2.25. The van der Waals surface area contributed by atoms with Crippen molar-refractivity contribution in [2.45, 2.75) is 40.2 Å². The number of hydrogen-bond acceptors (Lipinski definition) is 6. The van der Waals surface area contributed by atoms with Gasteiger partial charge < -0.3 is 15.5 Å². The molecule has 0 unspecified atom stereocenters. The van der Waals surface area contributed by atoms with E-state index in [1.54, 1.807) is 12.1 Å². The molecule has 3 N–H and O–H groups in total. The molecule has 0 saturated heterocycles. The number of benzene rings is 1. The standard InChI is InChI=1S/C25H32N6O3/c1-5-6-14-30(21-22(26)31(16-17(2)3)25(34)28-23(21)32)24(33)18-12-13-20(27-15-18)29(4)19-10-8-7-9-11-19/h7-13,15,17H,5-6,14,16,26H2,1-4H3,(H,28,32,34). The van der Waals surface area contributed by atoms with Gasteiger partial charge in [-0.3, -0.25) is 19.1 Å². The average molecular weight is 465 g/mol. The largest absolute Gasteiger partial charge is 0.383 e. The summed E-state index contributed by atoms with van der Waals surface area (Å²) < 4.78 is 1.31. The Bertz CT molecular complexity index is 1230. The molecular weight excluding hydrogens is 432 g/mol. The number of unbranched alkanes of at least 4 members (excludes halogenated alkanes) is 1. The van der Waals surface area contributed by atoms with E-state index in [9.17, 15) is 14.4 Å². The van der Waals surface area contributed by atoms with Crippen molar-refractivity contribution in [3.63, 3.8) is 0 Å². The lowest BCUT2D eigenvalue weighted by Crippen LogP contribution is -2.42. The highest BCUT2D eigenvalue weighted by atomic mass is 16.2. The molecule has 0 atom stereocenters. The van der Waals surface area contributed by atoms with Crippen LogP contribution >= 0.6 is 0 Å². The van der Waals surface area contributed by atoms with E-state index in [0.717, 1.165) is 12.1 Å². The summed E-state index contributed by atoms with van der Waals surface area (Å²) in [5, 5.41) is 0. The fourth-order valence-electron chi connectivity index (χ4n) is 3.67. The van der Waals surface area contributed by atoms with Gasteiger partial charge in [-0.25, -0.2) is 9.78 Å².